The van der Waals surface area contributed by atoms with E-state index in [-0.39, 0.29) is 16.1 Å². The van der Waals surface area contributed by atoms with Crippen molar-refractivity contribution >= 4 is 27.6 Å². The number of hydrogen-bond donors (Lipinski definition) is 1. The van der Waals surface area contributed by atoms with Crippen molar-refractivity contribution < 1.29 is 32.2 Å². The number of rotatable bonds is 11. The second kappa shape index (κ2) is 11.5. The van der Waals surface area contributed by atoms with E-state index in [1.54, 1.807) is 32.9 Å². The summed E-state index contributed by atoms with van der Waals surface area (Å²) in [7, 11) is -2.17. The Morgan fingerprint density at radius 1 is 1.00 bits per heavy atom. The summed E-state index contributed by atoms with van der Waals surface area (Å²) >= 11 is 0. The molecule has 0 spiro atoms. The average Bonchev–Trinajstić information content (AvgIpc) is 2.78. The van der Waals surface area contributed by atoms with Crippen molar-refractivity contribution in [2.75, 3.05) is 38.7 Å². The van der Waals surface area contributed by atoms with Crippen LogP contribution >= 0.6 is 0 Å². The van der Waals surface area contributed by atoms with Gasteiger partial charge in [0.05, 0.1) is 24.2 Å². The van der Waals surface area contributed by atoms with Gasteiger partial charge < -0.3 is 19.5 Å². The van der Waals surface area contributed by atoms with Crippen LogP contribution in [0.1, 0.15) is 31.1 Å². The van der Waals surface area contributed by atoms with Crippen LogP contribution in [0.4, 0.5) is 5.69 Å². The molecule has 0 saturated heterocycles. The zero-order valence-corrected chi connectivity index (χ0v) is 19.4. The van der Waals surface area contributed by atoms with E-state index in [0.29, 0.717) is 31.2 Å². The maximum atomic E-state index is 12.6. The highest BCUT2D eigenvalue weighted by atomic mass is 32.2. The van der Waals surface area contributed by atoms with Crippen LogP contribution in [0, 0.1) is 0 Å². The topological polar surface area (TPSA) is 111 Å². The van der Waals surface area contributed by atoms with Gasteiger partial charge in [0.25, 0.3) is 5.91 Å². The number of esters is 1. The molecule has 0 heterocycles. The summed E-state index contributed by atoms with van der Waals surface area (Å²) in [6, 6.07) is 10.5. The molecule has 0 fully saturated rings. The normalized spacial score (nSPS) is 11.2. The molecule has 2 rings (SSSR count). The number of carbonyl (C=O) groups is 2. The van der Waals surface area contributed by atoms with E-state index in [2.05, 4.69) is 5.32 Å². The van der Waals surface area contributed by atoms with Crippen molar-refractivity contribution in [2.24, 2.45) is 0 Å². The predicted octanol–water partition coefficient (Wildman–Crippen LogP) is 2.92. The Labute approximate surface area is 188 Å². The van der Waals surface area contributed by atoms with Gasteiger partial charge in [-0.05, 0) is 43.3 Å². The molecular formula is C22H28N2O7S. The molecule has 0 unspecified atom stereocenters. The van der Waals surface area contributed by atoms with Crippen LogP contribution in [-0.2, 0) is 19.6 Å². The second-order valence-corrected chi connectivity index (χ2v) is 8.48. The van der Waals surface area contributed by atoms with E-state index in [1.165, 1.54) is 41.7 Å². The summed E-state index contributed by atoms with van der Waals surface area (Å²) in [5.74, 6) is -0.447. The molecule has 2 aromatic carbocycles. The molecule has 0 bridgehead atoms. The molecule has 174 valence electrons. The molecule has 10 heteroatoms. The number of benzene rings is 2. The first-order valence-electron chi connectivity index (χ1n) is 10.1. The summed E-state index contributed by atoms with van der Waals surface area (Å²) in [6.07, 6.45) is 0. The standard InChI is InChI=1S/C22H28N2O7S/c1-5-24(6-2)32(27,28)18-10-8-9-17(14-18)23-21(25)15-31-22(26)16-11-12-19(29-4)20(13-16)30-7-3/h8-14H,5-7,15H2,1-4H3,(H,23,25). The van der Waals surface area contributed by atoms with Crippen molar-refractivity contribution in [1.29, 1.82) is 0 Å². The molecule has 0 aliphatic rings. The monoisotopic (exact) mass is 464 g/mol. The van der Waals surface area contributed by atoms with Gasteiger partial charge in [0.2, 0.25) is 10.0 Å². The van der Waals surface area contributed by atoms with Gasteiger partial charge in [0, 0.05) is 18.8 Å². The van der Waals surface area contributed by atoms with Crippen LogP contribution in [0.2, 0.25) is 0 Å². The van der Waals surface area contributed by atoms with E-state index in [4.69, 9.17) is 14.2 Å². The second-order valence-electron chi connectivity index (χ2n) is 6.54. The molecule has 2 aromatic rings. The third kappa shape index (κ3) is 6.21. The molecule has 0 aliphatic heterocycles. The number of amides is 1. The van der Waals surface area contributed by atoms with Gasteiger partial charge in [-0.3, -0.25) is 4.79 Å². The molecule has 9 nitrogen and oxygen atoms in total. The van der Waals surface area contributed by atoms with Gasteiger partial charge in [0.1, 0.15) is 0 Å². The Kier molecular flexibility index (Phi) is 9.03. The van der Waals surface area contributed by atoms with Gasteiger partial charge in [-0.25, -0.2) is 13.2 Å². The van der Waals surface area contributed by atoms with Gasteiger partial charge in [-0.2, -0.15) is 4.31 Å². The molecule has 0 aliphatic carbocycles. The van der Waals surface area contributed by atoms with Crippen LogP contribution in [-0.4, -0.2) is 58.0 Å². The maximum Gasteiger partial charge on any atom is 0.338 e. The lowest BCUT2D eigenvalue weighted by atomic mass is 10.2. The summed E-state index contributed by atoms with van der Waals surface area (Å²) in [6.45, 7) is 5.82. The maximum absolute atomic E-state index is 12.6. The van der Waals surface area contributed by atoms with Gasteiger partial charge in [-0.15, -0.1) is 0 Å². The van der Waals surface area contributed by atoms with Crippen LogP contribution in [0.15, 0.2) is 47.4 Å². The Balaban J connectivity index is 2.03. The SMILES string of the molecule is CCOc1cc(C(=O)OCC(=O)Nc2cccc(S(=O)(=O)N(CC)CC)c2)ccc1OC. The zero-order valence-electron chi connectivity index (χ0n) is 18.6. The van der Waals surface area contributed by atoms with Crippen LogP contribution in [0.25, 0.3) is 0 Å². The summed E-state index contributed by atoms with van der Waals surface area (Å²) in [4.78, 5) is 24.6. The zero-order chi connectivity index (χ0) is 23.7. The van der Waals surface area contributed by atoms with Gasteiger partial charge in [-0.1, -0.05) is 19.9 Å². The molecule has 0 atom stereocenters. The number of methoxy groups -OCH3 is 1. The lowest BCUT2D eigenvalue weighted by molar-refractivity contribution is -0.119. The predicted molar refractivity (Wildman–Crippen MR) is 120 cm³/mol. The molecule has 1 amide bonds. The molecule has 0 aromatic heterocycles. The largest absolute Gasteiger partial charge is 0.493 e. The number of carbonyl (C=O) groups excluding carboxylic acids is 2. The fraction of sp³-hybridized carbons (Fsp3) is 0.364. The van der Waals surface area contributed by atoms with E-state index in [1.807, 2.05) is 0 Å². The number of anilines is 1. The smallest absolute Gasteiger partial charge is 0.338 e. The van der Waals surface area contributed by atoms with Crippen LogP contribution < -0.4 is 14.8 Å². The summed E-state index contributed by atoms with van der Waals surface area (Å²) in [5, 5.41) is 2.54. The van der Waals surface area contributed by atoms with E-state index < -0.39 is 28.5 Å². The lowest BCUT2D eigenvalue weighted by Gasteiger charge is -2.18. The average molecular weight is 465 g/mol. The first-order valence-corrected chi connectivity index (χ1v) is 11.6. The number of hydrogen-bond acceptors (Lipinski definition) is 7. The Morgan fingerprint density at radius 3 is 2.34 bits per heavy atom. The van der Waals surface area contributed by atoms with E-state index in [0.717, 1.165) is 0 Å². The van der Waals surface area contributed by atoms with Crippen molar-refractivity contribution in [3.8, 4) is 11.5 Å². The molecular weight excluding hydrogens is 436 g/mol. The van der Waals surface area contributed by atoms with Crippen molar-refractivity contribution in [2.45, 2.75) is 25.7 Å². The van der Waals surface area contributed by atoms with E-state index >= 15 is 0 Å². The van der Waals surface area contributed by atoms with Crippen molar-refractivity contribution in [1.82, 2.24) is 4.31 Å². The van der Waals surface area contributed by atoms with Crippen LogP contribution in [0.5, 0.6) is 11.5 Å². The minimum atomic E-state index is -3.66. The fourth-order valence-corrected chi connectivity index (χ4v) is 4.43. The highest BCUT2D eigenvalue weighted by Gasteiger charge is 2.22. The Hall–Kier alpha value is -3.11. The number of sulfonamides is 1. The van der Waals surface area contributed by atoms with Gasteiger partial charge in [0.15, 0.2) is 18.1 Å². The first kappa shape index (κ1) is 25.2. The first-order chi connectivity index (χ1) is 15.3. The van der Waals surface area contributed by atoms with Crippen molar-refractivity contribution in [3.05, 3.63) is 48.0 Å². The Bertz CT molecular complexity index is 1050. The summed E-state index contributed by atoms with van der Waals surface area (Å²) in [5.41, 5.74) is 0.483. The minimum absolute atomic E-state index is 0.0673. The third-order valence-corrected chi connectivity index (χ3v) is 6.54. The van der Waals surface area contributed by atoms with Crippen LogP contribution in [0.3, 0.4) is 0 Å². The molecule has 1 N–H and O–H groups in total. The molecule has 0 radical (unpaired) electrons. The number of ether oxygens (including phenoxy) is 3. The highest BCUT2D eigenvalue weighted by molar-refractivity contribution is 7.89. The van der Waals surface area contributed by atoms with E-state index in [9.17, 15) is 18.0 Å². The third-order valence-electron chi connectivity index (χ3n) is 4.49. The quantitative estimate of drug-likeness (QED) is 0.509. The molecule has 0 saturated carbocycles. The number of nitrogens with zero attached hydrogens (tertiary/aromatic N) is 1. The van der Waals surface area contributed by atoms with Crippen molar-refractivity contribution in [3.63, 3.8) is 0 Å². The lowest BCUT2D eigenvalue weighted by Crippen LogP contribution is -2.30. The number of nitrogens with one attached hydrogen (secondary N) is 1. The highest BCUT2D eigenvalue weighted by Crippen LogP contribution is 2.28. The Morgan fingerprint density at radius 2 is 1.72 bits per heavy atom. The fourth-order valence-electron chi connectivity index (χ4n) is 2.93. The minimum Gasteiger partial charge on any atom is -0.493 e. The molecule has 32 heavy (non-hydrogen) atoms. The summed E-state index contributed by atoms with van der Waals surface area (Å²) < 4.78 is 42.3. The van der Waals surface area contributed by atoms with Gasteiger partial charge >= 0.3 is 5.97 Å².